The number of carboxylic acid groups (broad SMARTS) is 1. The first-order valence-electron chi connectivity index (χ1n) is 11.1. The van der Waals surface area contributed by atoms with Gasteiger partial charge in [-0.15, -0.1) is 0 Å². The number of para-hydroxylation sites is 1. The zero-order valence-corrected chi connectivity index (χ0v) is 22.8. The number of amides is 2. The van der Waals surface area contributed by atoms with Gasteiger partial charge in [0.1, 0.15) is 18.0 Å². The maximum Gasteiger partial charge on any atom is 0.326 e. The number of carbonyl (C=O) groups excluding carboxylic acids is 1. The van der Waals surface area contributed by atoms with Crippen molar-refractivity contribution in [1.82, 2.24) is 0 Å². The third-order valence-electron chi connectivity index (χ3n) is 5.33. The average Bonchev–Trinajstić information content (AvgIpc) is 2.90. The molecule has 0 unspecified atom stereocenters. The molecule has 2 amide bonds. The number of hydrogen-bond acceptors (Lipinski definition) is 4. The largest absolute Gasteiger partial charge is 0.496 e. The molecule has 0 aliphatic heterocycles. The van der Waals surface area contributed by atoms with Crippen LogP contribution in [0.4, 0.5) is 16.2 Å². The Morgan fingerprint density at radius 2 is 1.51 bits per heavy atom. The zero-order valence-electron chi connectivity index (χ0n) is 19.7. The number of aliphatic carboxylic acids is 1. The van der Waals surface area contributed by atoms with E-state index in [9.17, 15) is 14.7 Å². The van der Waals surface area contributed by atoms with Gasteiger partial charge >= 0.3 is 12.0 Å². The summed E-state index contributed by atoms with van der Waals surface area (Å²) in [5, 5.41) is 12.2. The third kappa shape index (κ3) is 6.49. The molecule has 0 fully saturated rings. The highest BCUT2D eigenvalue weighted by atomic mass is 79.9. The van der Waals surface area contributed by atoms with E-state index < -0.39 is 18.5 Å². The van der Waals surface area contributed by atoms with Gasteiger partial charge in [0, 0.05) is 16.9 Å². The van der Waals surface area contributed by atoms with Gasteiger partial charge in [-0.25, -0.2) is 4.79 Å². The predicted octanol–water partition coefficient (Wildman–Crippen LogP) is 7.80. The second-order valence-corrected chi connectivity index (χ2v) is 9.55. The molecule has 0 spiro atoms. The fraction of sp³-hybridized carbons (Fsp3) is 0.0714. The number of ether oxygens (including phenoxy) is 2. The van der Waals surface area contributed by atoms with Crippen LogP contribution in [0.15, 0.2) is 99.9 Å². The van der Waals surface area contributed by atoms with E-state index >= 15 is 0 Å². The van der Waals surface area contributed by atoms with Gasteiger partial charge in [0.05, 0.1) is 16.1 Å². The summed E-state index contributed by atoms with van der Waals surface area (Å²) in [6.45, 7) is -0.531. The number of carboxylic acids is 1. The Morgan fingerprint density at radius 3 is 2.11 bits per heavy atom. The molecule has 0 aliphatic carbocycles. The first kappa shape index (κ1) is 26.2. The SMILES string of the molecule is COc1ccc(Oc2c(Br)cc(N(CC(=O)O)C(=O)Nc3ccccc3)cc2Br)cc1-c1ccccc1. The summed E-state index contributed by atoms with van der Waals surface area (Å²) < 4.78 is 12.8. The molecule has 4 aromatic carbocycles. The van der Waals surface area contributed by atoms with Crippen LogP contribution in [-0.4, -0.2) is 30.8 Å². The van der Waals surface area contributed by atoms with Crippen LogP contribution in [0.1, 0.15) is 0 Å². The van der Waals surface area contributed by atoms with Crippen LogP contribution >= 0.6 is 31.9 Å². The predicted molar refractivity (Wildman–Crippen MR) is 151 cm³/mol. The number of halogens is 2. The lowest BCUT2D eigenvalue weighted by atomic mass is 10.0. The standard InChI is InChI=1S/C28H22Br2N2O5/c1-36-25-13-12-21(16-22(25)18-8-4-2-5-9-18)37-27-23(29)14-20(15-24(27)30)32(17-26(33)34)28(35)31-19-10-6-3-7-11-19/h2-16H,17H2,1H3,(H,31,35)(H,33,34). The van der Waals surface area contributed by atoms with Crippen molar-refractivity contribution >= 4 is 55.2 Å². The summed E-state index contributed by atoms with van der Waals surface area (Å²) in [6.07, 6.45) is 0. The maximum atomic E-state index is 13.0. The summed E-state index contributed by atoms with van der Waals surface area (Å²) >= 11 is 7.02. The molecule has 0 radical (unpaired) electrons. The zero-order chi connectivity index (χ0) is 26.4. The summed E-state index contributed by atoms with van der Waals surface area (Å²) in [7, 11) is 1.62. The van der Waals surface area contributed by atoms with Crippen LogP contribution < -0.4 is 19.7 Å². The van der Waals surface area contributed by atoms with Crippen molar-refractivity contribution in [3.8, 4) is 28.4 Å². The number of nitrogens with zero attached hydrogens (tertiary/aromatic N) is 1. The van der Waals surface area contributed by atoms with Crippen LogP contribution in [-0.2, 0) is 4.79 Å². The summed E-state index contributed by atoms with van der Waals surface area (Å²) in [5.74, 6) is 0.591. The topological polar surface area (TPSA) is 88.1 Å². The van der Waals surface area contributed by atoms with E-state index in [4.69, 9.17) is 9.47 Å². The highest BCUT2D eigenvalue weighted by Gasteiger charge is 2.22. The van der Waals surface area contributed by atoms with Gasteiger partial charge in [-0.05, 0) is 79.9 Å². The van der Waals surface area contributed by atoms with Gasteiger partial charge in [0.25, 0.3) is 0 Å². The Bertz CT molecular complexity index is 1390. The van der Waals surface area contributed by atoms with Gasteiger partial charge in [-0.3, -0.25) is 9.69 Å². The Morgan fingerprint density at radius 1 is 0.892 bits per heavy atom. The second kappa shape index (κ2) is 11.9. The molecular formula is C28H22Br2N2O5. The molecule has 4 aromatic rings. The summed E-state index contributed by atoms with van der Waals surface area (Å²) in [4.78, 5) is 25.6. The number of urea groups is 1. The van der Waals surface area contributed by atoms with Crippen molar-refractivity contribution in [1.29, 1.82) is 0 Å². The molecule has 0 aromatic heterocycles. The van der Waals surface area contributed by atoms with Gasteiger partial charge in [0.2, 0.25) is 0 Å². The van der Waals surface area contributed by atoms with Crippen molar-refractivity contribution < 1.29 is 24.2 Å². The van der Waals surface area contributed by atoms with Crippen molar-refractivity contribution in [2.75, 3.05) is 23.9 Å². The fourth-order valence-corrected chi connectivity index (χ4v) is 4.96. The molecule has 9 heteroatoms. The van der Waals surface area contributed by atoms with Crippen LogP contribution in [0.2, 0.25) is 0 Å². The van der Waals surface area contributed by atoms with Crippen LogP contribution in [0.25, 0.3) is 11.1 Å². The van der Waals surface area contributed by atoms with Crippen LogP contribution in [0.3, 0.4) is 0 Å². The monoisotopic (exact) mass is 624 g/mol. The van der Waals surface area contributed by atoms with Crippen molar-refractivity contribution in [3.63, 3.8) is 0 Å². The molecule has 0 atom stereocenters. The lowest BCUT2D eigenvalue weighted by Crippen LogP contribution is -2.39. The Labute approximate surface area is 230 Å². The van der Waals surface area contributed by atoms with Gasteiger partial charge < -0.3 is 19.9 Å². The van der Waals surface area contributed by atoms with Crippen LogP contribution in [0.5, 0.6) is 17.2 Å². The molecule has 188 valence electrons. The third-order valence-corrected chi connectivity index (χ3v) is 6.51. The Hall–Kier alpha value is -3.82. The summed E-state index contributed by atoms with van der Waals surface area (Å²) in [5.41, 5.74) is 2.76. The van der Waals surface area contributed by atoms with E-state index in [0.717, 1.165) is 16.0 Å². The van der Waals surface area contributed by atoms with Crippen LogP contribution in [0, 0.1) is 0 Å². The van der Waals surface area contributed by atoms with Crippen molar-refractivity contribution in [3.05, 3.63) is 99.9 Å². The molecule has 4 rings (SSSR count). The first-order chi connectivity index (χ1) is 17.9. The highest BCUT2D eigenvalue weighted by molar-refractivity contribution is 9.11. The Kier molecular flexibility index (Phi) is 8.47. The molecule has 0 saturated carbocycles. The number of nitrogens with one attached hydrogen (secondary N) is 1. The smallest absolute Gasteiger partial charge is 0.326 e. The van der Waals surface area contributed by atoms with Gasteiger partial charge in [0.15, 0.2) is 5.75 Å². The molecule has 0 aliphatic rings. The average molecular weight is 626 g/mol. The highest BCUT2D eigenvalue weighted by Crippen LogP contribution is 2.42. The van der Waals surface area contributed by atoms with E-state index in [1.54, 1.807) is 49.6 Å². The molecule has 7 nitrogen and oxygen atoms in total. The van der Waals surface area contributed by atoms with Gasteiger partial charge in [-0.1, -0.05) is 48.5 Å². The maximum absolute atomic E-state index is 13.0. The van der Waals surface area contributed by atoms with Gasteiger partial charge in [-0.2, -0.15) is 0 Å². The number of hydrogen-bond donors (Lipinski definition) is 2. The fourth-order valence-electron chi connectivity index (χ4n) is 3.64. The number of rotatable bonds is 8. The number of benzene rings is 4. The van der Waals surface area contributed by atoms with E-state index in [1.807, 2.05) is 48.5 Å². The normalized spacial score (nSPS) is 10.5. The summed E-state index contributed by atoms with van der Waals surface area (Å²) in [6, 6.07) is 26.8. The minimum absolute atomic E-state index is 0.363. The molecule has 0 bridgehead atoms. The lowest BCUT2D eigenvalue weighted by molar-refractivity contribution is -0.135. The van der Waals surface area contributed by atoms with Crippen molar-refractivity contribution in [2.24, 2.45) is 0 Å². The number of methoxy groups -OCH3 is 1. The van der Waals surface area contributed by atoms with Crippen molar-refractivity contribution in [2.45, 2.75) is 0 Å². The van der Waals surface area contributed by atoms with E-state index in [1.165, 1.54) is 0 Å². The first-order valence-corrected chi connectivity index (χ1v) is 12.7. The Balaban J connectivity index is 1.63. The molecule has 0 saturated heterocycles. The minimum atomic E-state index is -1.15. The lowest BCUT2D eigenvalue weighted by Gasteiger charge is -2.23. The second-order valence-electron chi connectivity index (χ2n) is 7.84. The number of anilines is 2. The molecule has 2 N–H and O–H groups in total. The molecular weight excluding hydrogens is 604 g/mol. The quantitative estimate of drug-likeness (QED) is 0.209. The molecule has 37 heavy (non-hydrogen) atoms. The molecule has 0 heterocycles. The minimum Gasteiger partial charge on any atom is -0.496 e. The van der Waals surface area contributed by atoms with E-state index in [2.05, 4.69) is 37.2 Å². The van der Waals surface area contributed by atoms with E-state index in [-0.39, 0.29) is 0 Å². The van der Waals surface area contributed by atoms with E-state index in [0.29, 0.717) is 37.6 Å². The number of carbonyl (C=O) groups is 2.